The molecule has 11 heteroatoms. The van der Waals surface area contributed by atoms with Crippen molar-refractivity contribution in [2.45, 2.75) is 59.3 Å². The molecule has 2 aromatic heterocycles. The zero-order valence-electron chi connectivity index (χ0n) is 24.2. The molecule has 4 heterocycles. The SMILES string of the molecule is Cc1[nH]c(/C=C2\C(=O)Nc3cc(NC(=O)Nc4cc(C(C)(C)C)on4)ccc32)c(C)c1NC(=O)CCN1CCCC1. The van der Waals surface area contributed by atoms with E-state index in [1.807, 2.05) is 34.6 Å². The quantitative estimate of drug-likeness (QED) is 0.243. The fourth-order valence-electron chi connectivity index (χ4n) is 5.10. The number of likely N-dealkylation sites (tertiary alicyclic amines) is 1. The highest BCUT2D eigenvalue weighted by Gasteiger charge is 2.26. The van der Waals surface area contributed by atoms with Crippen LogP contribution in [0.25, 0.3) is 11.6 Å². The Bertz CT molecular complexity index is 1520. The molecule has 1 aromatic carbocycles. The van der Waals surface area contributed by atoms with Crippen LogP contribution in [0.2, 0.25) is 0 Å². The first kappa shape index (κ1) is 28.2. The number of nitrogens with zero attached hydrogens (tertiary/aromatic N) is 2. The highest BCUT2D eigenvalue weighted by atomic mass is 16.5. The number of H-pyrrole nitrogens is 1. The number of amides is 4. The van der Waals surface area contributed by atoms with Gasteiger partial charge in [-0.25, -0.2) is 4.79 Å². The van der Waals surface area contributed by atoms with Crippen molar-refractivity contribution < 1.29 is 18.9 Å². The molecule has 0 saturated carbocycles. The molecule has 1 fully saturated rings. The Hall–Kier alpha value is -4.38. The number of aryl methyl sites for hydroxylation is 1. The number of aromatic nitrogens is 2. The molecule has 3 aromatic rings. The Morgan fingerprint density at radius 1 is 1.10 bits per heavy atom. The van der Waals surface area contributed by atoms with Crippen LogP contribution < -0.4 is 21.3 Å². The van der Waals surface area contributed by atoms with Crippen molar-refractivity contribution in [3.8, 4) is 0 Å². The lowest BCUT2D eigenvalue weighted by atomic mass is 9.93. The van der Waals surface area contributed by atoms with Crippen LogP contribution in [0.15, 0.2) is 28.8 Å². The first-order valence-electron chi connectivity index (χ1n) is 13.9. The molecule has 5 N–H and O–H groups in total. The highest BCUT2D eigenvalue weighted by molar-refractivity contribution is 6.35. The minimum Gasteiger partial charge on any atom is -0.359 e. The molecule has 0 atom stereocenters. The molecular formula is C30H37N7O4. The number of carbonyl (C=O) groups excluding carboxylic acids is 3. The molecule has 0 unspecified atom stereocenters. The van der Waals surface area contributed by atoms with Gasteiger partial charge >= 0.3 is 6.03 Å². The van der Waals surface area contributed by atoms with E-state index in [9.17, 15) is 14.4 Å². The summed E-state index contributed by atoms with van der Waals surface area (Å²) in [6, 6.07) is 6.43. The number of anilines is 4. The second-order valence-corrected chi connectivity index (χ2v) is 11.7. The molecule has 11 nitrogen and oxygen atoms in total. The van der Waals surface area contributed by atoms with Crippen LogP contribution in [0.5, 0.6) is 0 Å². The maximum Gasteiger partial charge on any atom is 0.324 e. The summed E-state index contributed by atoms with van der Waals surface area (Å²) in [6.07, 6.45) is 4.63. The Morgan fingerprint density at radius 3 is 2.56 bits per heavy atom. The van der Waals surface area contributed by atoms with Crippen LogP contribution >= 0.6 is 0 Å². The number of carbonyl (C=O) groups is 3. The van der Waals surface area contributed by atoms with Crippen molar-refractivity contribution in [1.82, 2.24) is 15.0 Å². The second-order valence-electron chi connectivity index (χ2n) is 11.7. The summed E-state index contributed by atoms with van der Waals surface area (Å²) in [5.74, 6) is 0.701. The Morgan fingerprint density at radius 2 is 1.85 bits per heavy atom. The number of benzene rings is 1. The van der Waals surface area contributed by atoms with Crippen LogP contribution in [-0.4, -0.2) is 52.5 Å². The van der Waals surface area contributed by atoms with Gasteiger partial charge in [-0.15, -0.1) is 0 Å². The molecule has 216 valence electrons. The highest BCUT2D eigenvalue weighted by Crippen LogP contribution is 2.36. The van der Waals surface area contributed by atoms with Crippen molar-refractivity contribution in [3.05, 3.63) is 52.5 Å². The van der Waals surface area contributed by atoms with Crippen molar-refractivity contribution in [2.24, 2.45) is 0 Å². The van der Waals surface area contributed by atoms with E-state index in [0.717, 1.165) is 47.8 Å². The topological polar surface area (TPSA) is 144 Å². The Labute approximate surface area is 239 Å². The second kappa shape index (κ2) is 11.2. The standard InChI is InChI=1S/C30H37N7O4/c1-17-22(31-18(2)27(17)35-26(38)10-13-37-11-6-7-12-37)15-21-20-9-8-19(14-23(20)33-28(21)39)32-29(40)34-25-16-24(41-36-25)30(3,4)5/h8-9,14-16,31H,6-7,10-13H2,1-5H3,(H,33,39)(H,35,38)(H2,32,34,36,40)/b21-15-. The predicted octanol–water partition coefficient (Wildman–Crippen LogP) is 5.48. The molecule has 4 amide bonds. The van der Waals surface area contributed by atoms with Gasteiger partial charge in [-0.1, -0.05) is 32.0 Å². The van der Waals surface area contributed by atoms with Crippen molar-refractivity contribution in [1.29, 1.82) is 0 Å². The molecule has 5 rings (SSSR count). The fourth-order valence-corrected chi connectivity index (χ4v) is 5.10. The number of nitrogens with one attached hydrogen (secondary N) is 5. The fraction of sp³-hybridized carbons (Fsp3) is 0.400. The van der Waals surface area contributed by atoms with Gasteiger partial charge in [-0.2, -0.15) is 0 Å². The third-order valence-electron chi connectivity index (χ3n) is 7.43. The van der Waals surface area contributed by atoms with Crippen molar-refractivity contribution in [2.75, 3.05) is 40.9 Å². The van der Waals surface area contributed by atoms with E-state index in [0.29, 0.717) is 34.9 Å². The normalized spacial score (nSPS) is 16.1. The van der Waals surface area contributed by atoms with Crippen LogP contribution in [0.1, 0.15) is 68.3 Å². The van der Waals surface area contributed by atoms with Gasteiger partial charge in [-0.3, -0.25) is 14.9 Å². The predicted molar refractivity (Wildman–Crippen MR) is 160 cm³/mol. The zero-order valence-corrected chi connectivity index (χ0v) is 24.2. The van der Waals surface area contributed by atoms with Gasteiger partial charge in [0.05, 0.1) is 16.9 Å². The van der Waals surface area contributed by atoms with Gasteiger partial charge in [0.2, 0.25) is 5.91 Å². The maximum atomic E-state index is 12.9. The number of rotatable bonds is 7. The minimum atomic E-state index is -0.480. The maximum absolute atomic E-state index is 12.9. The van der Waals surface area contributed by atoms with Gasteiger partial charge < -0.3 is 30.4 Å². The number of fused-ring (bicyclic) bond motifs is 1. The molecule has 1 saturated heterocycles. The van der Waals surface area contributed by atoms with E-state index in [-0.39, 0.29) is 17.2 Å². The minimum absolute atomic E-state index is 0.0208. The summed E-state index contributed by atoms with van der Waals surface area (Å²) in [6.45, 7) is 12.7. The van der Waals surface area contributed by atoms with E-state index in [1.165, 1.54) is 12.8 Å². The average molecular weight is 560 g/mol. The van der Waals surface area contributed by atoms with Gasteiger partial charge in [0.1, 0.15) is 5.76 Å². The third-order valence-corrected chi connectivity index (χ3v) is 7.43. The lowest BCUT2D eigenvalue weighted by Gasteiger charge is -2.14. The smallest absolute Gasteiger partial charge is 0.324 e. The van der Waals surface area contributed by atoms with Gasteiger partial charge in [0.25, 0.3) is 5.91 Å². The van der Waals surface area contributed by atoms with E-state index < -0.39 is 6.03 Å². The first-order valence-corrected chi connectivity index (χ1v) is 13.9. The summed E-state index contributed by atoms with van der Waals surface area (Å²) in [5.41, 5.74) is 5.26. The number of hydrogen-bond donors (Lipinski definition) is 5. The van der Waals surface area contributed by atoms with Crippen LogP contribution in [-0.2, 0) is 15.0 Å². The summed E-state index contributed by atoms with van der Waals surface area (Å²) in [5, 5.41) is 15.2. The molecular weight excluding hydrogens is 522 g/mol. The molecule has 0 radical (unpaired) electrons. The van der Waals surface area contributed by atoms with Gasteiger partial charge in [0, 0.05) is 47.1 Å². The summed E-state index contributed by atoms with van der Waals surface area (Å²) < 4.78 is 5.31. The Kier molecular flexibility index (Phi) is 7.72. The molecule has 0 aliphatic carbocycles. The first-order chi connectivity index (χ1) is 19.5. The van der Waals surface area contributed by atoms with Gasteiger partial charge in [-0.05, 0) is 63.6 Å². The third kappa shape index (κ3) is 6.35. The monoisotopic (exact) mass is 559 g/mol. The summed E-state index contributed by atoms with van der Waals surface area (Å²) in [7, 11) is 0. The van der Waals surface area contributed by atoms with Crippen molar-refractivity contribution >= 4 is 52.4 Å². The lowest BCUT2D eigenvalue weighted by Crippen LogP contribution is -2.25. The Balaban J connectivity index is 1.26. The zero-order chi connectivity index (χ0) is 29.3. The molecule has 2 aliphatic heterocycles. The largest absolute Gasteiger partial charge is 0.359 e. The molecule has 41 heavy (non-hydrogen) atoms. The average Bonchev–Trinajstić information content (AvgIpc) is 3.69. The summed E-state index contributed by atoms with van der Waals surface area (Å²) >= 11 is 0. The van der Waals surface area contributed by atoms with Gasteiger partial charge in [0.15, 0.2) is 5.82 Å². The van der Waals surface area contributed by atoms with E-state index in [4.69, 9.17) is 4.52 Å². The van der Waals surface area contributed by atoms with Crippen LogP contribution in [0.3, 0.4) is 0 Å². The number of hydrogen-bond acceptors (Lipinski definition) is 6. The molecule has 2 aliphatic rings. The molecule has 0 spiro atoms. The molecule has 0 bridgehead atoms. The van der Waals surface area contributed by atoms with E-state index in [1.54, 1.807) is 30.3 Å². The lowest BCUT2D eigenvalue weighted by molar-refractivity contribution is -0.116. The van der Waals surface area contributed by atoms with E-state index in [2.05, 4.69) is 36.3 Å². The summed E-state index contributed by atoms with van der Waals surface area (Å²) in [4.78, 5) is 43.7. The van der Waals surface area contributed by atoms with Crippen molar-refractivity contribution in [3.63, 3.8) is 0 Å². The number of aromatic amines is 1. The number of urea groups is 1. The van der Waals surface area contributed by atoms with Crippen LogP contribution in [0, 0.1) is 13.8 Å². The van der Waals surface area contributed by atoms with E-state index >= 15 is 0 Å². The van der Waals surface area contributed by atoms with Crippen LogP contribution in [0.4, 0.5) is 27.7 Å².